The van der Waals surface area contributed by atoms with Gasteiger partial charge in [0.15, 0.2) is 0 Å². The highest BCUT2D eigenvalue weighted by Crippen LogP contribution is 2.43. The van der Waals surface area contributed by atoms with Crippen LogP contribution in [0.4, 0.5) is 4.39 Å². The molecule has 1 heterocycles. The van der Waals surface area contributed by atoms with Crippen LogP contribution in [0.5, 0.6) is 0 Å². The van der Waals surface area contributed by atoms with E-state index in [2.05, 4.69) is 4.90 Å². The van der Waals surface area contributed by atoms with Crippen molar-refractivity contribution in [3.8, 4) is 0 Å². The third-order valence-electron chi connectivity index (χ3n) is 3.51. The van der Waals surface area contributed by atoms with Crippen molar-refractivity contribution in [2.45, 2.75) is 39.3 Å². The Labute approximate surface area is 80.3 Å². The van der Waals surface area contributed by atoms with E-state index in [-0.39, 0.29) is 5.41 Å². The average molecular weight is 185 g/mol. The highest BCUT2D eigenvalue weighted by molar-refractivity contribution is 5.04. The molecule has 2 rings (SSSR count). The van der Waals surface area contributed by atoms with Crippen molar-refractivity contribution >= 4 is 0 Å². The van der Waals surface area contributed by atoms with Crippen LogP contribution in [0.2, 0.25) is 0 Å². The van der Waals surface area contributed by atoms with E-state index in [1.165, 1.54) is 12.8 Å². The summed E-state index contributed by atoms with van der Waals surface area (Å²) in [4.78, 5) is 2.27. The van der Waals surface area contributed by atoms with Gasteiger partial charge in [0.2, 0.25) is 0 Å². The van der Waals surface area contributed by atoms with Crippen molar-refractivity contribution in [3.63, 3.8) is 0 Å². The van der Waals surface area contributed by atoms with Gasteiger partial charge < -0.3 is 0 Å². The molecule has 0 amide bonds. The van der Waals surface area contributed by atoms with Crippen LogP contribution >= 0.6 is 0 Å². The fourth-order valence-corrected chi connectivity index (χ4v) is 1.93. The predicted octanol–water partition coefficient (Wildman–Crippen LogP) is 2.47. The minimum Gasteiger partial charge on any atom is -0.297 e. The maximum atomic E-state index is 14.1. The lowest BCUT2D eigenvalue weighted by atomic mass is 9.73. The molecule has 13 heavy (non-hydrogen) atoms. The standard InChI is InChI=1S/C11H20FN/c1-10(2,3)11(12)7-13(8-11)6-9-4-5-9/h9H,4-8H2,1-3H3. The first-order valence-corrected chi connectivity index (χ1v) is 5.32. The molecule has 0 aromatic rings. The van der Waals surface area contributed by atoms with Gasteiger partial charge in [-0.05, 0) is 24.2 Å². The van der Waals surface area contributed by atoms with Crippen molar-refractivity contribution in [1.82, 2.24) is 4.90 Å². The number of likely N-dealkylation sites (tertiary alicyclic amines) is 1. The van der Waals surface area contributed by atoms with E-state index in [9.17, 15) is 4.39 Å². The summed E-state index contributed by atoms with van der Waals surface area (Å²) < 4.78 is 14.1. The predicted molar refractivity (Wildman–Crippen MR) is 52.5 cm³/mol. The normalized spacial score (nSPS) is 28.6. The Morgan fingerprint density at radius 1 is 1.31 bits per heavy atom. The van der Waals surface area contributed by atoms with E-state index in [1.807, 2.05) is 20.8 Å². The van der Waals surface area contributed by atoms with Crippen LogP contribution in [0.1, 0.15) is 33.6 Å². The highest BCUT2D eigenvalue weighted by atomic mass is 19.1. The molecule has 0 aromatic carbocycles. The summed E-state index contributed by atoms with van der Waals surface area (Å²) in [6, 6.07) is 0. The molecule has 0 aromatic heterocycles. The van der Waals surface area contributed by atoms with Gasteiger partial charge in [-0.1, -0.05) is 20.8 Å². The Hall–Kier alpha value is -0.110. The fourth-order valence-electron chi connectivity index (χ4n) is 1.93. The average Bonchev–Trinajstić information content (AvgIpc) is 2.65. The molecule has 2 fully saturated rings. The molecule has 0 bridgehead atoms. The number of halogens is 1. The van der Waals surface area contributed by atoms with Crippen LogP contribution in [0.25, 0.3) is 0 Å². The summed E-state index contributed by atoms with van der Waals surface area (Å²) in [5.41, 5.74) is -1.12. The molecule has 0 radical (unpaired) electrons. The lowest BCUT2D eigenvalue weighted by Gasteiger charge is -2.51. The first-order chi connectivity index (χ1) is 5.91. The zero-order chi connectivity index (χ0) is 9.69. The maximum Gasteiger partial charge on any atom is 0.141 e. The minimum atomic E-state index is -0.929. The number of alkyl halides is 1. The van der Waals surface area contributed by atoms with Gasteiger partial charge in [0, 0.05) is 19.6 Å². The van der Waals surface area contributed by atoms with Crippen molar-refractivity contribution in [2.75, 3.05) is 19.6 Å². The van der Waals surface area contributed by atoms with E-state index < -0.39 is 5.67 Å². The van der Waals surface area contributed by atoms with Crippen LogP contribution in [-0.2, 0) is 0 Å². The summed E-state index contributed by atoms with van der Waals surface area (Å²) >= 11 is 0. The molecule has 1 nitrogen and oxygen atoms in total. The monoisotopic (exact) mass is 185 g/mol. The molecule has 0 atom stereocenters. The number of hydrogen-bond donors (Lipinski definition) is 0. The van der Waals surface area contributed by atoms with E-state index in [1.54, 1.807) is 0 Å². The van der Waals surface area contributed by atoms with Crippen LogP contribution in [-0.4, -0.2) is 30.2 Å². The summed E-state index contributed by atoms with van der Waals surface area (Å²) in [6.45, 7) is 8.46. The molecule has 0 spiro atoms. The fraction of sp³-hybridized carbons (Fsp3) is 1.00. The van der Waals surface area contributed by atoms with E-state index >= 15 is 0 Å². The van der Waals surface area contributed by atoms with Crippen LogP contribution in [0.3, 0.4) is 0 Å². The van der Waals surface area contributed by atoms with Crippen molar-refractivity contribution in [3.05, 3.63) is 0 Å². The van der Waals surface area contributed by atoms with Crippen molar-refractivity contribution < 1.29 is 4.39 Å². The highest BCUT2D eigenvalue weighted by Gasteiger charge is 2.52. The van der Waals surface area contributed by atoms with Crippen LogP contribution in [0.15, 0.2) is 0 Å². The molecule has 1 saturated heterocycles. The molecule has 1 aliphatic carbocycles. The Bertz CT molecular complexity index is 197. The van der Waals surface area contributed by atoms with E-state index in [4.69, 9.17) is 0 Å². The van der Waals surface area contributed by atoms with Gasteiger partial charge in [-0.15, -0.1) is 0 Å². The Kier molecular flexibility index (Phi) is 1.96. The second-order valence-electron chi connectivity index (χ2n) is 5.83. The smallest absolute Gasteiger partial charge is 0.141 e. The molecular formula is C11H20FN. The third-order valence-corrected chi connectivity index (χ3v) is 3.51. The zero-order valence-corrected chi connectivity index (χ0v) is 8.94. The zero-order valence-electron chi connectivity index (χ0n) is 8.94. The summed E-state index contributed by atoms with van der Waals surface area (Å²) in [6.07, 6.45) is 2.73. The molecule has 0 N–H and O–H groups in total. The summed E-state index contributed by atoms with van der Waals surface area (Å²) in [5, 5.41) is 0. The Morgan fingerprint density at radius 3 is 2.23 bits per heavy atom. The van der Waals surface area contributed by atoms with E-state index in [0.717, 1.165) is 12.5 Å². The van der Waals surface area contributed by atoms with Crippen molar-refractivity contribution in [2.24, 2.45) is 11.3 Å². The lowest BCUT2D eigenvalue weighted by Crippen LogP contribution is -2.65. The van der Waals surface area contributed by atoms with Gasteiger partial charge in [0.25, 0.3) is 0 Å². The van der Waals surface area contributed by atoms with Gasteiger partial charge in [-0.3, -0.25) is 4.90 Å². The maximum absolute atomic E-state index is 14.1. The number of rotatable bonds is 2. The molecule has 2 aliphatic rings. The van der Waals surface area contributed by atoms with Gasteiger partial charge in [0.05, 0.1) is 0 Å². The quantitative estimate of drug-likeness (QED) is 0.639. The number of nitrogens with zero attached hydrogens (tertiary/aromatic N) is 1. The Balaban J connectivity index is 1.81. The molecule has 76 valence electrons. The Morgan fingerprint density at radius 2 is 1.85 bits per heavy atom. The molecular weight excluding hydrogens is 165 g/mol. The van der Waals surface area contributed by atoms with Crippen LogP contribution in [0, 0.1) is 11.3 Å². The molecule has 0 unspecified atom stereocenters. The first kappa shape index (κ1) is 9.45. The second kappa shape index (κ2) is 2.69. The van der Waals surface area contributed by atoms with E-state index in [0.29, 0.717) is 13.1 Å². The summed E-state index contributed by atoms with van der Waals surface area (Å²) in [5.74, 6) is 0.893. The van der Waals surface area contributed by atoms with Gasteiger partial charge in [-0.2, -0.15) is 0 Å². The van der Waals surface area contributed by atoms with Crippen molar-refractivity contribution in [1.29, 1.82) is 0 Å². The second-order valence-corrected chi connectivity index (χ2v) is 5.83. The minimum absolute atomic E-state index is 0.187. The van der Waals surface area contributed by atoms with Gasteiger partial charge >= 0.3 is 0 Å². The summed E-state index contributed by atoms with van der Waals surface area (Å²) in [7, 11) is 0. The van der Waals surface area contributed by atoms with Gasteiger partial charge in [-0.25, -0.2) is 4.39 Å². The van der Waals surface area contributed by atoms with Gasteiger partial charge in [0.1, 0.15) is 5.67 Å². The third kappa shape index (κ3) is 1.74. The lowest BCUT2D eigenvalue weighted by molar-refractivity contribution is -0.105. The number of hydrogen-bond acceptors (Lipinski definition) is 1. The topological polar surface area (TPSA) is 3.24 Å². The van der Waals surface area contributed by atoms with Crippen LogP contribution < -0.4 is 0 Å². The first-order valence-electron chi connectivity index (χ1n) is 5.32. The SMILES string of the molecule is CC(C)(C)C1(F)CN(CC2CC2)C1. The molecule has 2 heteroatoms. The molecule has 1 aliphatic heterocycles. The molecule has 1 saturated carbocycles. The largest absolute Gasteiger partial charge is 0.297 e.